The number of halogens is 1. The van der Waals surface area contributed by atoms with Crippen molar-refractivity contribution >= 4 is 5.97 Å². The third-order valence-corrected chi connectivity index (χ3v) is 3.06. The Morgan fingerprint density at radius 3 is 2.18 bits per heavy atom. The predicted molar refractivity (Wildman–Crippen MR) is 36.9 cm³/mol. The Hall–Kier alpha value is -0.600. The first-order valence-electron chi connectivity index (χ1n) is 4.09. The third kappa shape index (κ3) is 0.739. The van der Waals surface area contributed by atoms with Gasteiger partial charge in [-0.15, -0.1) is 0 Å². The SMILES string of the molecule is O=C(O)C1(F)C2CCCCC21. The van der Waals surface area contributed by atoms with Gasteiger partial charge in [-0.3, -0.25) is 0 Å². The van der Waals surface area contributed by atoms with Gasteiger partial charge in [0.15, 0.2) is 0 Å². The molecular formula is C8H11FO2. The summed E-state index contributed by atoms with van der Waals surface area (Å²) >= 11 is 0. The lowest BCUT2D eigenvalue weighted by Crippen LogP contribution is -2.20. The van der Waals surface area contributed by atoms with Crippen LogP contribution in [-0.2, 0) is 4.79 Å². The summed E-state index contributed by atoms with van der Waals surface area (Å²) in [6.07, 6.45) is 3.54. The van der Waals surface area contributed by atoms with Crippen molar-refractivity contribution in [2.45, 2.75) is 31.4 Å². The molecule has 0 amide bonds. The van der Waals surface area contributed by atoms with E-state index in [1.54, 1.807) is 0 Å². The van der Waals surface area contributed by atoms with Crippen molar-refractivity contribution in [3.63, 3.8) is 0 Å². The summed E-state index contributed by atoms with van der Waals surface area (Å²) in [5, 5.41) is 8.57. The summed E-state index contributed by atoms with van der Waals surface area (Å²) in [5.74, 6) is -1.56. The molecule has 2 unspecified atom stereocenters. The van der Waals surface area contributed by atoms with Crippen LogP contribution in [0.4, 0.5) is 4.39 Å². The molecule has 3 heteroatoms. The molecule has 0 aromatic rings. The molecule has 62 valence electrons. The lowest BCUT2D eigenvalue weighted by Gasteiger charge is -2.03. The molecule has 0 bridgehead atoms. The van der Waals surface area contributed by atoms with Gasteiger partial charge in [0.1, 0.15) is 0 Å². The first kappa shape index (κ1) is 7.07. The normalized spacial score (nSPS) is 48.1. The Bertz CT molecular complexity index is 190. The van der Waals surface area contributed by atoms with Crippen LogP contribution in [0.2, 0.25) is 0 Å². The fraction of sp³-hybridized carbons (Fsp3) is 0.875. The van der Waals surface area contributed by atoms with Crippen LogP contribution in [-0.4, -0.2) is 16.7 Å². The van der Waals surface area contributed by atoms with Crippen LogP contribution in [0.15, 0.2) is 0 Å². The molecular weight excluding hydrogens is 147 g/mol. The van der Waals surface area contributed by atoms with E-state index in [-0.39, 0.29) is 11.8 Å². The van der Waals surface area contributed by atoms with Gasteiger partial charge in [-0.1, -0.05) is 12.8 Å². The number of carboxylic acid groups (broad SMARTS) is 1. The molecule has 1 N–H and O–H groups in total. The highest BCUT2D eigenvalue weighted by molar-refractivity contribution is 5.82. The molecule has 2 aliphatic carbocycles. The van der Waals surface area contributed by atoms with Crippen LogP contribution in [0, 0.1) is 11.8 Å². The summed E-state index contributed by atoms with van der Waals surface area (Å²) < 4.78 is 13.4. The molecule has 0 spiro atoms. The third-order valence-electron chi connectivity index (χ3n) is 3.06. The van der Waals surface area contributed by atoms with Gasteiger partial charge in [-0.2, -0.15) is 0 Å². The van der Waals surface area contributed by atoms with Crippen molar-refractivity contribution < 1.29 is 14.3 Å². The Morgan fingerprint density at radius 2 is 1.82 bits per heavy atom. The number of hydrogen-bond donors (Lipinski definition) is 1. The second-order valence-corrected chi connectivity index (χ2v) is 3.57. The maximum atomic E-state index is 13.4. The second kappa shape index (κ2) is 1.96. The summed E-state index contributed by atoms with van der Waals surface area (Å²) in [5.41, 5.74) is -1.84. The van der Waals surface area contributed by atoms with Crippen molar-refractivity contribution in [3.05, 3.63) is 0 Å². The zero-order valence-corrected chi connectivity index (χ0v) is 6.22. The van der Waals surface area contributed by atoms with E-state index < -0.39 is 11.6 Å². The van der Waals surface area contributed by atoms with Gasteiger partial charge in [0.05, 0.1) is 0 Å². The quantitative estimate of drug-likeness (QED) is 0.629. The molecule has 2 nitrogen and oxygen atoms in total. The largest absolute Gasteiger partial charge is 0.479 e. The lowest BCUT2D eigenvalue weighted by atomic mass is 10.0. The minimum atomic E-state index is -1.84. The van der Waals surface area contributed by atoms with Crippen molar-refractivity contribution in [1.82, 2.24) is 0 Å². The summed E-state index contributed by atoms with van der Waals surface area (Å²) in [6.45, 7) is 0. The van der Waals surface area contributed by atoms with E-state index in [9.17, 15) is 9.18 Å². The summed E-state index contributed by atoms with van der Waals surface area (Å²) in [6, 6.07) is 0. The molecule has 0 aromatic carbocycles. The van der Waals surface area contributed by atoms with Crippen LogP contribution in [0.1, 0.15) is 25.7 Å². The topological polar surface area (TPSA) is 37.3 Å². The van der Waals surface area contributed by atoms with Gasteiger partial charge in [0.2, 0.25) is 5.67 Å². The van der Waals surface area contributed by atoms with E-state index in [4.69, 9.17) is 5.11 Å². The van der Waals surface area contributed by atoms with E-state index in [1.807, 2.05) is 0 Å². The zero-order chi connectivity index (χ0) is 8.06. The Labute approximate surface area is 64.4 Å². The average Bonchev–Trinajstić information content (AvgIpc) is 2.61. The molecule has 0 aliphatic heterocycles. The minimum Gasteiger partial charge on any atom is -0.479 e. The molecule has 2 rings (SSSR count). The predicted octanol–water partition coefficient (Wildman–Crippen LogP) is 1.60. The van der Waals surface area contributed by atoms with Crippen LogP contribution >= 0.6 is 0 Å². The second-order valence-electron chi connectivity index (χ2n) is 3.57. The number of fused-ring (bicyclic) bond motifs is 1. The molecule has 0 heterocycles. The van der Waals surface area contributed by atoms with Gasteiger partial charge < -0.3 is 5.11 Å². The standard InChI is InChI=1S/C8H11FO2/c9-8(7(10)11)5-3-1-2-4-6(5)8/h5-6H,1-4H2,(H,10,11). The Morgan fingerprint density at radius 1 is 1.36 bits per heavy atom. The number of carbonyl (C=O) groups is 1. The molecule has 0 saturated heterocycles. The number of rotatable bonds is 1. The van der Waals surface area contributed by atoms with Gasteiger partial charge >= 0.3 is 5.97 Å². The average molecular weight is 158 g/mol. The van der Waals surface area contributed by atoms with Crippen LogP contribution in [0.25, 0.3) is 0 Å². The molecule has 2 atom stereocenters. The van der Waals surface area contributed by atoms with Gasteiger partial charge in [0, 0.05) is 11.8 Å². The molecule has 2 fully saturated rings. The number of aliphatic carboxylic acids is 1. The van der Waals surface area contributed by atoms with E-state index in [0.717, 1.165) is 25.7 Å². The highest BCUT2D eigenvalue weighted by atomic mass is 19.1. The molecule has 2 saturated carbocycles. The monoisotopic (exact) mass is 158 g/mol. The summed E-state index contributed by atoms with van der Waals surface area (Å²) in [4.78, 5) is 10.5. The number of hydrogen-bond acceptors (Lipinski definition) is 1. The molecule has 0 radical (unpaired) electrons. The minimum absolute atomic E-state index is 0.159. The van der Waals surface area contributed by atoms with E-state index in [2.05, 4.69) is 0 Å². The Balaban J connectivity index is 2.14. The van der Waals surface area contributed by atoms with E-state index >= 15 is 0 Å². The van der Waals surface area contributed by atoms with E-state index in [1.165, 1.54) is 0 Å². The van der Waals surface area contributed by atoms with E-state index in [0.29, 0.717) is 0 Å². The van der Waals surface area contributed by atoms with Gasteiger partial charge in [0.25, 0.3) is 0 Å². The highest BCUT2D eigenvalue weighted by Gasteiger charge is 2.71. The number of carboxylic acids is 1. The number of alkyl halides is 1. The zero-order valence-electron chi connectivity index (χ0n) is 6.22. The van der Waals surface area contributed by atoms with Gasteiger partial charge in [-0.25, -0.2) is 9.18 Å². The van der Waals surface area contributed by atoms with Crippen LogP contribution < -0.4 is 0 Å². The molecule has 2 aliphatic rings. The van der Waals surface area contributed by atoms with Crippen LogP contribution in [0.3, 0.4) is 0 Å². The maximum Gasteiger partial charge on any atom is 0.342 e. The maximum absolute atomic E-state index is 13.4. The first-order chi connectivity index (χ1) is 5.17. The lowest BCUT2D eigenvalue weighted by molar-refractivity contribution is -0.145. The van der Waals surface area contributed by atoms with Crippen molar-refractivity contribution in [2.24, 2.45) is 11.8 Å². The van der Waals surface area contributed by atoms with Crippen molar-refractivity contribution in [2.75, 3.05) is 0 Å². The summed E-state index contributed by atoms with van der Waals surface area (Å²) in [7, 11) is 0. The molecule has 0 aromatic heterocycles. The van der Waals surface area contributed by atoms with Crippen molar-refractivity contribution in [3.8, 4) is 0 Å². The van der Waals surface area contributed by atoms with Gasteiger partial charge in [-0.05, 0) is 12.8 Å². The van der Waals surface area contributed by atoms with Crippen LogP contribution in [0.5, 0.6) is 0 Å². The van der Waals surface area contributed by atoms with Crippen molar-refractivity contribution in [1.29, 1.82) is 0 Å². The fourth-order valence-corrected chi connectivity index (χ4v) is 2.37. The smallest absolute Gasteiger partial charge is 0.342 e. The fourth-order valence-electron chi connectivity index (χ4n) is 2.37. The Kier molecular flexibility index (Phi) is 1.26. The molecule has 11 heavy (non-hydrogen) atoms. The highest BCUT2D eigenvalue weighted by Crippen LogP contribution is 2.61. The first-order valence-corrected chi connectivity index (χ1v) is 4.09.